The van der Waals surface area contributed by atoms with Crippen molar-refractivity contribution in [3.05, 3.63) is 194 Å². The monoisotopic (exact) mass is 716 g/mol. The van der Waals surface area contributed by atoms with E-state index in [0.717, 1.165) is 5.69 Å². The lowest BCUT2D eigenvalue weighted by Gasteiger charge is -2.12. The van der Waals surface area contributed by atoms with E-state index in [1.807, 2.05) is 11.3 Å². The maximum atomic E-state index is 2.47. The van der Waals surface area contributed by atoms with E-state index in [2.05, 4.69) is 203 Å². The van der Waals surface area contributed by atoms with Crippen LogP contribution in [0.2, 0.25) is 0 Å². The highest BCUT2D eigenvalue weighted by Gasteiger charge is 2.18. The Labute approximate surface area is 321 Å². The van der Waals surface area contributed by atoms with Crippen LogP contribution < -0.4 is 0 Å². The van der Waals surface area contributed by atoms with Gasteiger partial charge in [0.2, 0.25) is 0 Å². The first-order valence-corrected chi connectivity index (χ1v) is 19.7. The number of aromatic nitrogens is 2. The van der Waals surface area contributed by atoms with Crippen molar-refractivity contribution < 1.29 is 0 Å². The summed E-state index contributed by atoms with van der Waals surface area (Å²) in [5.74, 6) is 0. The molecular weight excluding hydrogens is 685 g/mol. The summed E-state index contributed by atoms with van der Waals surface area (Å²) in [7, 11) is 0. The maximum absolute atomic E-state index is 2.47. The molecule has 12 aromatic rings. The highest BCUT2D eigenvalue weighted by atomic mass is 32.1. The van der Waals surface area contributed by atoms with Crippen molar-refractivity contribution in [3.8, 4) is 33.6 Å². The highest BCUT2D eigenvalue weighted by molar-refractivity contribution is 7.25. The molecule has 0 aliphatic rings. The van der Waals surface area contributed by atoms with Gasteiger partial charge in [-0.25, -0.2) is 0 Å². The van der Waals surface area contributed by atoms with E-state index >= 15 is 0 Å². The Hall–Kier alpha value is -6.94. The number of hydrogen-bond acceptors (Lipinski definition) is 1. The van der Waals surface area contributed by atoms with Gasteiger partial charge >= 0.3 is 0 Å². The summed E-state index contributed by atoms with van der Waals surface area (Å²) < 4.78 is 7.55. The first kappa shape index (κ1) is 30.5. The summed E-state index contributed by atoms with van der Waals surface area (Å²) in [6.45, 7) is 0. The summed E-state index contributed by atoms with van der Waals surface area (Å²) in [5, 5.41) is 10.2. The van der Waals surface area contributed by atoms with Gasteiger partial charge in [-0.05, 0) is 94.4 Å². The fourth-order valence-corrected chi connectivity index (χ4v) is 10.1. The van der Waals surface area contributed by atoms with Crippen molar-refractivity contribution in [1.29, 1.82) is 0 Å². The van der Waals surface area contributed by atoms with E-state index in [1.54, 1.807) is 0 Å². The van der Waals surface area contributed by atoms with E-state index in [-0.39, 0.29) is 0 Å². The highest BCUT2D eigenvalue weighted by Crippen LogP contribution is 2.42. The molecule has 55 heavy (non-hydrogen) atoms. The van der Waals surface area contributed by atoms with Crippen LogP contribution in [-0.2, 0) is 0 Å². The zero-order chi connectivity index (χ0) is 36.0. The van der Waals surface area contributed by atoms with Crippen molar-refractivity contribution in [3.63, 3.8) is 0 Å². The Morgan fingerprint density at radius 1 is 0.291 bits per heavy atom. The molecule has 0 N–H and O–H groups in total. The minimum atomic E-state index is 1.16. The van der Waals surface area contributed by atoms with Gasteiger partial charge in [0, 0.05) is 58.5 Å². The van der Waals surface area contributed by atoms with Gasteiger partial charge in [-0.2, -0.15) is 0 Å². The average Bonchev–Trinajstić information content (AvgIpc) is 3.91. The summed E-state index contributed by atoms with van der Waals surface area (Å²) >= 11 is 1.87. The maximum Gasteiger partial charge on any atom is 0.0619 e. The van der Waals surface area contributed by atoms with Crippen LogP contribution >= 0.6 is 11.3 Å². The Kier molecular flexibility index (Phi) is 6.54. The van der Waals surface area contributed by atoms with Crippen LogP contribution in [0.5, 0.6) is 0 Å². The molecule has 256 valence electrons. The molecule has 0 saturated carbocycles. The molecule has 0 saturated heterocycles. The molecule has 3 aromatic heterocycles. The number of thiophene rings is 1. The first-order valence-electron chi connectivity index (χ1n) is 18.8. The lowest BCUT2D eigenvalue weighted by molar-refractivity contribution is 1.19. The van der Waals surface area contributed by atoms with Gasteiger partial charge in [-0.1, -0.05) is 127 Å². The predicted octanol–water partition coefficient (Wildman–Crippen LogP) is 14.7. The van der Waals surface area contributed by atoms with E-state index in [9.17, 15) is 0 Å². The number of nitrogens with zero attached hydrogens (tertiary/aromatic N) is 2. The third-order valence-electron chi connectivity index (χ3n) is 11.5. The summed E-state index contributed by atoms with van der Waals surface area (Å²) in [6.07, 6.45) is 0. The molecule has 12 rings (SSSR count). The second kappa shape index (κ2) is 11.8. The normalized spacial score (nSPS) is 12.0. The van der Waals surface area contributed by atoms with Crippen LogP contribution in [0, 0.1) is 0 Å². The smallest absolute Gasteiger partial charge is 0.0619 e. The third kappa shape index (κ3) is 4.60. The number of fused-ring (bicyclic) bond motifs is 11. The van der Waals surface area contributed by atoms with Crippen molar-refractivity contribution in [2.24, 2.45) is 0 Å². The largest absolute Gasteiger partial charge is 0.309 e. The van der Waals surface area contributed by atoms with Gasteiger partial charge in [-0.3, -0.25) is 0 Å². The van der Waals surface area contributed by atoms with Gasteiger partial charge < -0.3 is 9.13 Å². The van der Waals surface area contributed by atoms with Crippen molar-refractivity contribution in [2.45, 2.75) is 0 Å². The van der Waals surface area contributed by atoms with Gasteiger partial charge in [0.1, 0.15) is 0 Å². The molecule has 0 atom stereocenters. The SMILES string of the molecule is c1ccc(-c2cccc(-n3c4ccc(-c5ccc6c(c5)c5ccccc5n6-c5ccc6sc7ccccc7c6c5)cc4c4ccc5ccccc5c43)c2)cc1. The minimum Gasteiger partial charge on any atom is -0.309 e. The average molecular weight is 717 g/mol. The molecule has 0 fully saturated rings. The third-order valence-corrected chi connectivity index (χ3v) is 12.6. The standard InChI is InChI=1S/C52H32N2S/c1-2-11-33(12-3-1)35-14-10-15-38(29-35)54-49-27-23-37(31-45(49)43-25-21-34-13-4-5-16-40(34)52(43)54)36-22-26-48-44(30-36)41-17-6-8-19-47(41)53(48)39-24-28-51-46(32-39)42-18-7-9-20-50(42)55-51/h1-32H. The quantitative estimate of drug-likeness (QED) is 0.172. The molecule has 0 unspecified atom stereocenters. The lowest BCUT2D eigenvalue weighted by Crippen LogP contribution is -1.95. The lowest BCUT2D eigenvalue weighted by atomic mass is 10.00. The first-order chi connectivity index (χ1) is 27.3. The second-order valence-corrected chi connectivity index (χ2v) is 15.6. The fourth-order valence-electron chi connectivity index (χ4n) is 8.97. The molecule has 3 heteroatoms. The van der Waals surface area contributed by atoms with Crippen molar-refractivity contribution >= 4 is 85.9 Å². The van der Waals surface area contributed by atoms with Crippen molar-refractivity contribution in [1.82, 2.24) is 9.13 Å². The van der Waals surface area contributed by atoms with Gasteiger partial charge in [0.05, 0.1) is 22.1 Å². The predicted molar refractivity (Wildman–Crippen MR) is 236 cm³/mol. The summed E-state index contributed by atoms with van der Waals surface area (Å²) in [6, 6.07) is 71.5. The van der Waals surface area contributed by atoms with Crippen LogP contribution in [0.3, 0.4) is 0 Å². The van der Waals surface area contributed by atoms with Crippen molar-refractivity contribution in [2.75, 3.05) is 0 Å². The van der Waals surface area contributed by atoms with Gasteiger partial charge in [0.25, 0.3) is 0 Å². The second-order valence-electron chi connectivity index (χ2n) is 14.5. The minimum absolute atomic E-state index is 1.16. The molecular formula is C52H32N2S. The number of para-hydroxylation sites is 1. The Morgan fingerprint density at radius 3 is 1.76 bits per heavy atom. The van der Waals surface area contributed by atoms with Crippen LogP contribution in [0.25, 0.3) is 108 Å². The summed E-state index contributed by atoms with van der Waals surface area (Å²) in [4.78, 5) is 0. The number of rotatable bonds is 4. The van der Waals surface area contributed by atoms with Crippen LogP contribution in [0.15, 0.2) is 194 Å². The molecule has 9 aromatic carbocycles. The molecule has 0 aliphatic heterocycles. The fraction of sp³-hybridized carbons (Fsp3) is 0. The zero-order valence-corrected chi connectivity index (χ0v) is 30.6. The van der Waals surface area contributed by atoms with E-state index in [0.29, 0.717) is 0 Å². The van der Waals surface area contributed by atoms with Crippen LogP contribution in [0.1, 0.15) is 0 Å². The Balaban J connectivity index is 1.06. The molecule has 0 amide bonds. The van der Waals surface area contributed by atoms with E-state index < -0.39 is 0 Å². The van der Waals surface area contributed by atoms with Gasteiger partial charge in [0.15, 0.2) is 0 Å². The Morgan fingerprint density at radius 2 is 0.909 bits per heavy atom. The molecule has 3 heterocycles. The number of hydrogen-bond donors (Lipinski definition) is 0. The van der Waals surface area contributed by atoms with Gasteiger partial charge in [-0.15, -0.1) is 11.3 Å². The van der Waals surface area contributed by atoms with E-state index in [4.69, 9.17) is 0 Å². The van der Waals surface area contributed by atoms with E-state index in [1.165, 1.54) is 102 Å². The molecule has 0 bridgehead atoms. The molecule has 0 radical (unpaired) electrons. The molecule has 0 aliphatic carbocycles. The molecule has 2 nitrogen and oxygen atoms in total. The summed E-state index contributed by atoms with van der Waals surface area (Å²) in [5.41, 5.74) is 12.1. The Bertz CT molecular complexity index is 3490. The number of benzene rings is 9. The zero-order valence-electron chi connectivity index (χ0n) is 29.8. The van der Waals surface area contributed by atoms with Crippen LogP contribution in [-0.4, -0.2) is 9.13 Å². The topological polar surface area (TPSA) is 9.86 Å². The van der Waals surface area contributed by atoms with Crippen LogP contribution in [0.4, 0.5) is 0 Å². The molecule has 0 spiro atoms.